The molecule has 94 valence electrons. The lowest BCUT2D eigenvalue weighted by atomic mass is 9.92. The summed E-state index contributed by atoms with van der Waals surface area (Å²) in [5.74, 6) is -1.37. The highest BCUT2D eigenvalue weighted by atomic mass is 32.2. The van der Waals surface area contributed by atoms with Crippen molar-refractivity contribution in [2.45, 2.75) is 37.5 Å². The molecule has 1 heterocycles. The smallest absolute Gasteiger partial charge is 0.323 e. The normalized spacial score (nSPS) is 22.4. The van der Waals surface area contributed by atoms with Gasteiger partial charge in [-0.3, -0.25) is 4.79 Å². The van der Waals surface area contributed by atoms with E-state index < -0.39 is 26.8 Å². The van der Waals surface area contributed by atoms with Crippen LogP contribution in [0.15, 0.2) is 0 Å². The largest absolute Gasteiger partial charge is 0.480 e. The minimum atomic E-state index is -3.82. The number of carboxylic acid groups (broad SMARTS) is 1. The van der Waals surface area contributed by atoms with E-state index in [-0.39, 0.29) is 13.1 Å². The van der Waals surface area contributed by atoms with Crippen molar-refractivity contribution in [3.8, 4) is 0 Å². The lowest BCUT2D eigenvalue weighted by molar-refractivity contribution is -0.136. The van der Waals surface area contributed by atoms with Gasteiger partial charge in [0.15, 0.2) is 5.25 Å². The van der Waals surface area contributed by atoms with Gasteiger partial charge in [-0.25, -0.2) is 8.42 Å². The summed E-state index contributed by atoms with van der Waals surface area (Å²) in [5.41, 5.74) is -0.972. The highest BCUT2D eigenvalue weighted by Gasteiger charge is 2.48. The Labute approximate surface area is 94.9 Å². The van der Waals surface area contributed by atoms with Gasteiger partial charge in [-0.05, 0) is 13.3 Å². The second-order valence-corrected chi connectivity index (χ2v) is 6.52. The van der Waals surface area contributed by atoms with Crippen LogP contribution >= 0.6 is 0 Å². The molecule has 7 heteroatoms. The number of carbonyl (C=O) groups is 1. The number of aliphatic carboxylic acids is 1. The predicted octanol–water partition coefficient (Wildman–Crippen LogP) is -0.364. The molecule has 1 unspecified atom stereocenters. The summed E-state index contributed by atoms with van der Waals surface area (Å²) in [6.45, 7) is 3.03. The minimum absolute atomic E-state index is 0.000787. The average molecular weight is 251 g/mol. The fourth-order valence-electron chi connectivity index (χ4n) is 1.76. The third kappa shape index (κ3) is 2.36. The average Bonchev–Trinajstić information content (AvgIpc) is 2.12. The van der Waals surface area contributed by atoms with Gasteiger partial charge in [0.05, 0.1) is 5.60 Å². The van der Waals surface area contributed by atoms with Gasteiger partial charge in [-0.2, -0.15) is 4.31 Å². The van der Waals surface area contributed by atoms with E-state index in [1.54, 1.807) is 0 Å². The van der Waals surface area contributed by atoms with Crippen LogP contribution in [0, 0.1) is 0 Å². The van der Waals surface area contributed by atoms with Crippen LogP contribution in [0.3, 0.4) is 0 Å². The molecule has 6 nitrogen and oxygen atoms in total. The molecular formula is C9H17NO5S. The zero-order chi connectivity index (χ0) is 12.6. The molecule has 0 bridgehead atoms. The quantitative estimate of drug-likeness (QED) is 0.695. The Hall–Kier alpha value is -0.660. The molecule has 16 heavy (non-hydrogen) atoms. The van der Waals surface area contributed by atoms with Crippen molar-refractivity contribution in [3.05, 3.63) is 0 Å². The van der Waals surface area contributed by atoms with E-state index >= 15 is 0 Å². The monoisotopic (exact) mass is 251 g/mol. The van der Waals surface area contributed by atoms with Crippen molar-refractivity contribution < 1.29 is 23.4 Å². The molecule has 1 rings (SSSR count). The van der Waals surface area contributed by atoms with Crippen LogP contribution in [0.5, 0.6) is 0 Å². The van der Waals surface area contributed by atoms with Crippen molar-refractivity contribution in [2.75, 3.05) is 13.1 Å². The molecule has 1 atom stereocenters. The van der Waals surface area contributed by atoms with Gasteiger partial charge in [0.2, 0.25) is 10.0 Å². The van der Waals surface area contributed by atoms with Crippen LogP contribution in [0.2, 0.25) is 0 Å². The Balaban J connectivity index is 2.67. The zero-order valence-corrected chi connectivity index (χ0v) is 10.2. The van der Waals surface area contributed by atoms with E-state index in [2.05, 4.69) is 0 Å². The second-order valence-electron chi connectivity index (χ2n) is 4.27. The maximum Gasteiger partial charge on any atom is 0.323 e. The summed E-state index contributed by atoms with van der Waals surface area (Å²) in [7, 11) is -3.82. The number of hydrogen-bond donors (Lipinski definition) is 2. The van der Waals surface area contributed by atoms with Crippen LogP contribution in [0.4, 0.5) is 0 Å². The van der Waals surface area contributed by atoms with E-state index in [0.717, 1.165) is 17.6 Å². The molecule has 0 aromatic heterocycles. The molecule has 1 fully saturated rings. The van der Waals surface area contributed by atoms with Crippen LogP contribution in [-0.4, -0.2) is 52.8 Å². The molecule has 0 saturated carbocycles. The highest BCUT2D eigenvalue weighted by molar-refractivity contribution is 7.90. The standard InChI is InChI=1S/C9H17NO5S/c1-3-4-9(13)5-10(6-9)16(14,15)7(2)8(11)12/h7,13H,3-6H2,1-2H3,(H,11,12). The predicted molar refractivity (Wildman–Crippen MR) is 57.4 cm³/mol. The highest BCUT2D eigenvalue weighted by Crippen LogP contribution is 2.29. The third-order valence-electron chi connectivity index (χ3n) is 2.81. The maximum absolute atomic E-state index is 11.7. The number of β-amino-alcohol motifs (C(OH)–C–C–N with tert-alkyl or cyclic N) is 1. The molecule has 1 aliphatic rings. The molecule has 1 saturated heterocycles. The van der Waals surface area contributed by atoms with Crippen molar-refractivity contribution in [3.63, 3.8) is 0 Å². The first-order chi connectivity index (χ1) is 7.23. The number of sulfonamides is 1. The first-order valence-electron chi connectivity index (χ1n) is 5.17. The van der Waals surface area contributed by atoms with E-state index in [4.69, 9.17) is 5.11 Å². The van der Waals surface area contributed by atoms with Gasteiger partial charge in [-0.1, -0.05) is 13.3 Å². The Morgan fingerprint density at radius 3 is 2.38 bits per heavy atom. The fraction of sp³-hybridized carbons (Fsp3) is 0.889. The van der Waals surface area contributed by atoms with Crippen LogP contribution in [0.25, 0.3) is 0 Å². The summed E-state index contributed by atoms with van der Waals surface area (Å²) in [4.78, 5) is 10.6. The summed E-state index contributed by atoms with van der Waals surface area (Å²) in [6, 6.07) is 0. The van der Waals surface area contributed by atoms with Gasteiger partial charge in [-0.15, -0.1) is 0 Å². The Morgan fingerprint density at radius 2 is 2.00 bits per heavy atom. The summed E-state index contributed by atoms with van der Waals surface area (Å²) in [5, 5.41) is 17.0. The second kappa shape index (κ2) is 4.31. The Kier molecular flexibility index (Phi) is 3.61. The topological polar surface area (TPSA) is 94.9 Å². The molecule has 2 N–H and O–H groups in total. The molecule has 0 aliphatic carbocycles. The van der Waals surface area contributed by atoms with Crippen molar-refractivity contribution in [1.82, 2.24) is 4.31 Å². The number of carboxylic acids is 1. The summed E-state index contributed by atoms with van der Waals surface area (Å²) < 4.78 is 24.4. The van der Waals surface area contributed by atoms with Crippen molar-refractivity contribution >= 4 is 16.0 Å². The lowest BCUT2D eigenvalue weighted by Crippen LogP contribution is -2.64. The summed E-state index contributed by atoms with van der Waals surface area (Å²) >= 11 is 0. The first-order valence-corrected chi connectivity index (χ1v) is 6.67. The van der Waals surface area contributed by atoms with Crippen molar-refractivity contribution in [2.24, 2.45) is 0 Å². The number of nitrogens with zero attached hydrogens (tertiary/aromatic N) is 1. The van der Waals surface area contributed by atoms with Gasteiger partial charge in [0, 0.05) is 13.1 Å². The SMILES string of the molecule is CCCC1(O)CN(S(=O)(=O)C(C)C(=O)O)C1. The van der Waals surface area contributed by atoms with E-state index in [9.17, 15) is 18.3 Å². The van der Waals surface area contributed by atoms with E-state index in [1.165, 1.54) is 0 Å². The van der Waals surface area contributed by atoms with Crippen LogP contribution < -0.4 is 0 Å². The zero-order valence-electron chi connectivity index (χ0n) is 9.38. The number of rotatable bonds is 5. The fourth-order valence-corrected chi connectivity index (χ4v) is 3.31. The maximum atomic E-state index is 11.7. The molecule has 0 radical (unpaired) electrons. The van der Waals surface area contributed by atoms with Gasteiger partial charge in [0.1, 0.15) is 0 Å². The summed E-state index contributed by atoms with van der Waals surface area (Å²) in [6.07, 6.45) is 1.29. The molecule has 1 aliphatic heterocycles. The molecule has 0 aromatic carbocycles. The first kappa shape index (κ1) is 13.4. The van der Waals surface area contributed by atoms with Gasteiger partial charge >= 0.3 is 5.97 Å². The van der Waals surface area contributed by atoms with E-state index in [0.29, 0.717) is 6.42 Å². The molecule has 0 amide bonds. The van der Waals surface area contributed by atoms with Crippen LogP contribution in [0.1, 0.15) is 26.7 Å². The molecule has 0 aromatic rings. The van der Waals surface area contributed by atoms with Gasteiger partial charge < -0.3 is 10.2 Å². The lowest BCUT2D eigenvalue weighted by Gasteiger charge is -2.45. The number of hydrogen-bond acceptors (Lipinski definition) is 4. The van der Waals surface area contributed by atoms with E-state index in [1.807, 2.05) is 6.92 Å². The molecular weight excluding hydrogens is 234 g/mol. The molecule has 0 spiro atoms. The van der Waals surface area contributed by atoms with Crippen molar-refractivity contribution in [1.29, 1.82) is 0 Å². The van der Waals surface area contributed by atoms with Crippen LogP contribution in [-0.2, 0) is 14.8 Å². The van der Waals surface area contributed by atoms with Gasteiger partial charge in [0.25, 0.3) is 0 Å². The Bertz CT molecular complexity index is 371. The third-order valence-corrected chi connectivity index (χ3v) is 4.88. The number of aliphatic hydroxyl groups is 1. The minimum Gasteiger partial charge on any atom is -0.480 e. The Morgan fingerprint density at radius 1 is 1.50 bits per heavy atom.